The fraction of sp³-hybridized carbons (Fsp3) is 0.824. The molecule has 4 saturated carbocycles. The minimum absolute atomic E-state index is 0.0917. The molecule has 0 N–H and O–H groups in total. The smallest absolute Gasteiger partial charge is 0.126 e. The van der Waals surface area contributed by atoms with Gasteiger partial charge in [-0.05, 0) is 149 Å². The lowest BCUT2D eigenvalue weighted by Crippen LogP contribution is -2.43. The summed E-state index contributed by atoms with van der Waals surface area (Å²) in [6.07, 6.45) is 23.8. The molecule has 0 bridgehead atoms. The predicted molar refractivity (Wildman–Crippen MR) is 147 cm³/mol. The summed E-state index contributed by atoms with van der Waals surface area (Å²) in [5.74, 6) is 5.69. The SMILES string of the molecule is CCCCCC1CCC(c2ccc(C3CCC(C4CCC5(CC4)OCC[C@H]4CC45)CC3)c(F)c2)CC1. The molecule has 1 spiro atoms. The zero-order valence-electron chi connectivity index (χ0n) is 23.0. The summed E-state index contributed by atoms with van der Waals surface area (Å²) < 4.78 is 21.8. The highest BCUT2D eigenvalue weighted by Gasteiger charge is 2.56. The third kappa shape index (κ3) is 5.32. The number of ether oxygens (including phenoxy) is 1. The monoisotopic (exact) mass is 494 g/mol. The first-order valence-corrected chi connectivity index (χ1v) is 16.1. The highest BCUT2D eigenvalue weighted by molar-refractivity contribution is 5.30. The number of halogens is 1. The molecule has 1 heterocycles. The van der Waals surface area contributed by atoms with Crippen LogP contribution in [0.4, 0.5) is 4.39 Å². The Morgan fingerprint density at radius 1 is 0.806 bits per heavy atom. The summed E-state index contributed by atoms with van der Waals surface area (Å²) in [4.78, 5) is 0. The molecule has 1 unspecified atom stereocenters. The van der Waals surface area contributed by atoms with Crippen molar-refractivity contribution < 1.29 is 9.13 Å². The zero-order chi connectivity index (χ0) is 24.5. The van der Waals surface area contributed by atoms with Gasteiger partial charge in [0.25, 0.3) is 0 Å². The quantitative estimate of drug-likeness (QED) is 0.343. The highest BCUT2D eigenvalue weighted by atomic mass is 19.1. The average molecular weight is 495 g/mol. The molecular formula is C34H51FO. The van der Waals surface area contributed by atoms with Crippen molar-refractivity contribution in [1.82, 2.24) is 0 Å². The van der Waals surface area contributed by atoms with Gasteiger partial charge in [0.15, 0.2) is 0 Å². The molecule has 36 heavy (non-hydrogen) atoms. The van der Waals surface area contributed by atoms with E-state index in [9.17, 15) is 0 Å². The average Bonchev–Trinajstić information content (AvgIpc) is 3.72. The Labute approximate surface area is 220 Å². The third-order valence-electron chi connectivity index (χ3n) is 11.8. The van der Waals surface area contributed by atoms with Crippen LogP contribution in [-0.4, -0.2) is 12.2 Å². The fourth-order valence-electron chi connectivity index (χ4n) is 9.34. The summed E-state index contributed by atoms with van der Waals surface area (Å²) in [7, 11) is 0. The van der Waals surface area contributed by atoms with E-state index >= 15 is 4.39 Å². The molecule has 4 aliphatic carbocycles. The summed E-state index contributed by atoms with van der Waals surface area (Å²) in [5, 5.41) is 0. The zero-order valence-corrected chi connectivity index (χ0v) is 23.0. The van der Waals surface area contributed by atoms with Gasteiger partial charge in [-0.25, -0.2) is 4.39 Å². The molecule has 5 fully saturated rings. The molecule has 1 aliphatic heterocycles. The molecule has 0 radical (unpaired) electrons. The highest BCUT2D eigenvalue weighted by Crippen LogP contribution is 2.59. The van der Waals surface area contributed by atoms with Crippen molar-refractivity contribution in [2.75, 3.05) is 6.61 Å². The Kier molecular flexibility index (Phi) is 7.81. The van der Waals surface area contributed by atoms with Crippen molar-refractivity contribution in [3.05, 3.63) is 35.1 Å². The normalized spacial score (nSPS) is 40.7. The molecule has 2 atom stereocenters. The molecule has 200 valence electrons. The van der Waals surface area contributed by atoms with E-state index in [1.54, 1.807) is 0 Å². The van der Waals surface area contributed by atoms with E-state index in [0.29, 0.717) is 11.8 Å². The van der Waals surface area contributed by atoms with Gasteiger partial charge in [0.2, 0.25) is 0 Å². The van der Waals surface area contributed by atoms with Crippen LogP contribution >= 0.6 is 0 Å². The number of rotatable bonds is 7. The molecule has 1 saturated heterocycles. The molecule has 1 nitrogen and oxygen atoms in total. The second kappa shape index (κ2) is 11.1. The number of hydrogen-bond acceptors (Lipinski definition) is 1. The topological polar surface area (TPSA) is 9.23 Å². The lowest BCUT2D eigenvalue weighted by Gasteiger charge is -2.45. The van der Waals surface area contributed by atoms with Gasteiger partial charge in [-0.15, -0.1) is 0 Å². The molecule has 1 aromatic rings. The maximum absolute atomic E-state index is 15.4. The minimum Gasteiger partial charge on any atom is -0.375 e. The number of fused-ring (bicyclic) bond motifs is 2. The van der Waals surface area contributed by atoms with Crippen molar-refractivity contribution >= 4 is 0 Å². The summed E-state index contributed by atoms with van der Waals surface area (Å²) in [5.41, 5.74) is 2.56. The Bertz CT molecular complexity index is 854. The van der Waals surface area contributed by atoms with Crippen molar-refractivity contribution in [1.29, 1.82) is 0 Å². The van der Waals surface area contributed by atoms with E-state index in [0.717, 1.165) is 41.8 Å². The summed E-state index contributed by atoms with van der Waals surface area (Å²) >= 11 is 0. The van der Waals surface area contributed by atoms with E-state index in [4.69, 9.17) is 4.74 Å². The third-order valence-corrected chi connectivity index (χ3v) is 11.8. The van der Waals surface area contributed by atoms with Gasteiger partial charge < -0.3 is 4.74 Å². The molecule has 0 amide bonds. The van der Waals surface area contributed by atoms with Gasteiger partial charge in [0, 0.05) is 6.61 Å². The van der Waals surface area contributed by atoms with Gasteiger partial charge in [-0.3, -0.25) is 0 Å². The number of unbranched alkanes of at least 4 members (excludes halogenated alkanes) is 2. The van der Waals surface area contributed by atoms with Crippen LogP contribution in [0.5, 0.6) is 0 Å². The molecule has 0 aromatic heterocycles. The van der Waals surface area contributed by atoms with Gasteiger partial charge >= 0.3 is 0 Å². The van der Waals surface area contributed by atoms with Crippen molar-refractivity contribution in [3.8, 4) is 0 Å². The maximum atomic E-state index is 15.4. The number of hydrogen-bond donors (Lipinski definition) is 0. The first kappa shape index (κ1) is 25.4. The lowest BCUT2D eigenvalue weighted by molar-refractivity contribution is -0.120. The van der Waals surface area contributed by atoms with Crippen LogP contribution in [-0.2, 0) is 4.74 Å². The van der Waals surface area contributed by atoms with E-state index in [1.807, 2.05) is 6.07 Å². The Morgan fingerprint density at radius 2 is 1.53 bits per heavy atom. The van der Waals surface area contributed by atoms with E-state index in [2.05, 4.69) is 19.1 Å². The first-order chi connectivity index (χ1) is 17.6. The number of benzene rings is 1. The van der Waals surface area contributed by atoms with Crippen LogP contribution in [0, 0.1) is 35.4 Å². The summed E-state index contributed by atoms with van der Waals surface area (Å²) in [6, 6.07) is 6.40. The maximum Gasteiger partial charge on any atom is 0.126 e. The van der Waals surface area contributed by atoms with Crippen LogP contribution in [0.1, 0.15) is 145 Å². The van der Waals surface area contributed by atoms with E-state index in [-0.39, 0.29) is 11.4 Å². The van der Waals surface area contributed by atoms with Crippen molar-refractivity contribution in [2.24, 2.45) is 29.6 Å². The molecule has 6 rings (SSSR count). The first-order valence-electron chi connectivity index (χ1n) is 16.1. The van der Waals surface area contributed by atoms with Crippen molar-refractivity contribution in [3.63, 3.8) is 0 Å². The van der Waals surface area contributed by atoms with Crippen LogP contribution < -0.4 is 0 Å². The van der Waals surface area contributed by atoms with Gasteiger partial charge in [-0.1, -0.05) is 44.7 Å². The van der Waals surface area contributed by atoms with Gasteiger partial charge in [0.05, 0.1) is 5.60 Å². The van der Waals surface area contributed by atoms with Gasteiger partial charge in [0.1, 0.15) is 5.82 Å². The van der Waals surface area contributed by atoms with Crippen LogP contribution in [0.3, 0.4) is 0 Å². The molecular weight excluding hydrogens is 443 g/mol. The summed E-state index contributed by atoms with van der Waals surface area (Å²) in [6.45, 7) is 3.31. The molecule has 5 aliphatic rings. The van der Waals surface area contributed by atoms with Crippen LogP contribution in [0.15, 0.2) is 18.2 Å². The largest absolute Gasteiger partial charge is 0.375 e. The Morgan fingerprint density at radius 3 is 2.25 bits per heavy atom. The lowest BCUT2D eigenvalue weighted by atomic mass is 9.66. The van der Waals surface area contributed by atoms with Crippen molar-refractivity contribution in [2.45, 2.75) is 140 Å². The predicted octanol–water partition coefficient (Wildman–Crippen LogP) is 9.94. The Balaban J connectivity index is 0.975. The fourth-order valence-corrected chi connectivity index (χ4v) is 9.34. The second-order valence-electron chi connectivity index (χ2n) is 13.7. The van der Waals surface area contributed by atoms with E-state index < -0.39 is 0 Å². The molecule has 2 heteroatoms. The molecule has 1 aromatic carbocycles. The second-order valence-corrected chi connectivity index (χ2v) is 13.7. The van der Waals surface area contributed by atoms with Crippen LogP contribution in [0.2, 0.25) is 0 Å². The Hall–Kier alpha value is -0.890. The minimum atomic E-state index is 0.0917. The standard InChI is InChI=1S/C34H51FO/c1-2-3-4-5-24-6-8-26(9-7-24)29-14-15-31(33(35)23-29)28-12-10-25(11-13-28)27-16-19-34(20-17-27)32-22-30(32)18-21-36-34/h14-15,23-28,30,32H,2-13,16-22H2,1H3/t24?,25?,26?,27?,28?,30-,32?,34?/m0/s1. The van der Waals surface area contributed by atoms with Gasteiger partial charge in [-0.2, -0.15) is 0 Å². The van der Waals surface area contributed by atoms with Crippen LogP contribution in [0.25, 0.3) is 0 Å². The van der Waals surface area contributed by atoms with E-state index in [1.165, 1.54) is 121 Å².